The maximum atomic E-state index is 9.05. The monoisotopic (exact) mass is 159 g/mol. The average Bonchev–Trinajstić information content (AvgIpc) is 1.84. The van der Waals surface area contributed by atoms with Crippen molar-refractivity contribution in [1.82, 2.24) is 0 Å². The highest BCUT2D eigenvalue weighted by atomic mass is 16.3. The topological polar surface area (TPSA) is 46.2 Å². The standard InChI is InChI=1S/C9H21NO/c1-8(2,3)7(10)9(4,5)6-11/h7,11H,6,10H2,1-5H3/t7-/m1/s1. The van der Waals surface area contributed by atoms with Gasteiger partial charge in [-0.25, -0.2) is 0 Å². The van der Waals surface area contributed by atoms with Crippen LogP contribution in [0.1, 0.15) is 34.6 Å². The molecule has 3 N–H and O–H groups in total. The first kappa shape index (κ1) is 10.9. The highest BCUT2D eigenvalue weighted by Crippen LogP contribution is 2.31. The summed E-state index contributed by atoms with van der Waals surface area (Å²) in [4.78, 5) is 0. The molecule has 68 valence electrons. The Morgan fingerprint density at radius 1 is 1.18 bits per heavy atom. The number of nitrogens with two attached hydrogens (primary N) is 1. The van der Waals surface area contributed by atoms with Crippen molar-refractivity contribution in [3.05, 3.63) is 0 Å². The maximum absolute atomic E-state index is 9.05. The van der Waals surface area contributed by atoms with Gasteiger partial charge in [-0.2, -0.15) is 0 Å². The van der Waals surface area contributed by atoms with Gasteiger partial charge >= 0.3 is 0 Å². The van der Waals surface area contributed by atoms with Crippen LogP contribution >= 0.6 is 0 Å². The summed E-state index contributed by atoms with van der Waals surface area (Å²) in [6.45, 7) is 10.4. The summed E-state index contributed by atoms with van der Waals surface area (Å²) in [6.07, 6.45) is 0. The molecule has 11 heavy (non-hydrogen) atoms. The lowest BCUT2D eigenvalue weighted by Crippen LogP contribution is -2.48. The highest BCUT2D eigenvalue weighted by Gasteiger charge is 2.34. The molecular formula is C9H21NO. The second-order valence-electron chi connectivity index (χ2n) is 4.99. The molecule has 0 saturated carbocycles. The fourth-order valence-corrected chi connectivity index (χ4v) is 1.27. The molecule has 0 unspecified atom stereocenters. The van der Waals surface area contributed by atoms with E-state index < -0.39 is 0 Å². The molecule has 0 rings (SSSR count). The lowest BCUT2D eigenvalue weighted by atomic mass is 9.72. The predicted octanol–water partition coefficient (Wildman–Crippen LogP) is 1.38. The number of hydrogen-bond acceptors (Lipinski definition) is 2. The Labute approximate surface area is 69.8 Å². The van der Waals surface area contributed by atoms with Crippen LogP contribution in [0.4, 0.5) is 0 Å². The van der Waals surface area contributed by atoms with E-state index in [4.69, 9.17) is 10.8 Å². The number of rotatable bonds is 2. The van der Waals surface area contributed by atoms with E-state index in [0.29, 0.717) is 0 Å². The average molecular weight is 159 g/mol. The minimum atomic E-state index is -0.182. The summed E-state index contributed by atoms with van der Waals surface area (Å²) in [7, 11) is 0. The third-order valence-corrected chi connectivity index (χ3v) is 2.18. The zero-order valence-electron chi connectivity index (χ0n) is 8.31. The van der Waals surface area contributed by atoms with Gasteiger partial charge in [-0.1, -0.05) is 34.6 Å². The molecule has 0 saturated heterocycles. The Bertz CT molecular complexity index is 124. The summed E-state index contributed by atoms with van der Waals surface area (Å²) >= 11 is 0. The molecular weight excluding hydrogens is 138 g/mol. The van der Waals surface area contributed by atoms with Gasteiger partial charge in [0.25, 0.3) is 0 Å². The van der Waals surface area contributed by atoms with E-state index in [1.54, 1.807) is 0 Å². The molecule has 1 atom stereocenters. The smallest absolute Gasteiger partial charge is 0.0497 e. The molecule has 0 aromatic rings. The van der Waals surface area contributed by atoms with Gasteiger partial charge in [0.1, 0.15) is 0 Å². The molecule has 0 aliphatic carbocycles. The third kappa shape index (κ3) is 2.80. The van der Waals surface area contributed by atoms with Crippen LogP contribution < -0.4 is 5.73 Å². The second-order valence-corrected chi connectivity index (χ2v) is 4.99. The van der Waals surface area contributed by atoms with E-state index in [9.17, 15) is 0 Å². The van der Waals surface area contributed by atoms with Crippen LogP contribution in [0.2, 0.25) is 0 Å². The molecule has 0 radical (unpaired) electrons. The van der Waals surface area contributed by atoms with Crippen molar-refractivity contribution in [2.45, 2.75) is 40.7 Å². The Kier molecular flexibility index (Phi) is 3.09. The van der Waals surface area contributed by atoms with Gasteiger partial charge in [0.15, 0.2) is 0 Å². The van der Waals surface area contributed by atoms with Crippen LogP contribution in [0.25, 0.3) is 0 Å². The zero-order chi connectivity index (χ0) is 9.28. The van der Waals surface area contributed by atoms with Crippen molar-refractivity contribution in [1.29, 1.82) is 0 Å². The summed E-state index contributed by atoms with van der Waals surface area (Å²) in [6, 6.07) is 0.0278. The Balaban J connectivity index is 4.35. The van der Waals surface area contributed by atoms with Crippen molar-refractivity contribution < 1.29 is 5.11 Å². The Morgan fingerprint density at radius 2 is 1.55 bits per heavy atom. The van der Waals surface area contributed by atoms with E-state index in [-0.39, 0.29) is 23.5 Å². The first-order chi connectivity index (χ1) is 4.72. The second kappa shape index (κ2) is 3.11. The van der Waals surface area contributed by atoms with Crippen molar-refractivity contribution >= 4 is 0 Å². The summed E-state index contributed by atoms with van der Waals surface area (Å²) in [5, 5.41) is 9.05. The minimum absolute atomic E-state index is 0.0278. The minimum Gasteiger partial charge on any atom is -0.396 e. The highest BCUT2D eigenvalue weighted by molar-refractivity contribution is 4.89. The van der Waals surface area contributed by atoms with Crippen molar-refractivity contribution in [3.8, 4) is 0 Å². The molecule has 0 amide bonds. The van der Waals surface area contributed by atoms with Gasteiger partial charge in [-0.15, -0.1) is 0 Å². The first-order valence-corrected chi connectivity index (χ1v) is 4.08. The summed E-state index contributed by atoms with van der Waals surface area (Å²) in [5.74, 6) is 0. The quantitative estimate of drug-likeness (QED) is 0.639. The van der Waals surface area contributed by atoms with Crippen molar-refractivity contribution in [2.75, 3.05) is 6.61 Å². The van der Waals surface area contributed by atoms with Crippen LogP contribution in [-0.4, -0.2) is 17.8 Å². The number of aliphatic hydroxyl groups is 1. The van der Waals surface area contributed by atoms with Crippen LogP contribution in [0.3, 0.4) is 0 Å². The van der Waals surface area contributed by atoms with Gasteiger partial charge in [-0.05, 0) is 5.41 Å². The van der Waals surface area contributed by atoms with Gasteiger partial charge < -0.3 is 10.8 Å². The first-order valence-electron chi connectivity index (χ1n) is 4.08. The van der Waals surface area contributed by atoms with E-state index in [1.807, 2.05) is 13.8 Å². The SMILES string of the molecule is CC(C)(C)[C@@H](N)C(C)(C)CO. The molecule has 0 aromatic carbocycles. The fourth-order valence-electron chi connectivity index (χ4n) is 1.27. The molecule has 0 spiro atoms. The normalized spacial score (nSPS) is 16.6. The summed E-state index contributed by atoms with van der Waals surface area (Å²) < 4.78 is 0. The van der Waals surface area contributed by atoms with Gasteiger partial charge in [-0.3, -0.25) is 0 Å². The van der Waals surface area contributed by atoms with Crippen molar-refractivity contribution in [2.24, 2.45) is 16.6 Å². The van der Waals surface area contributed by atoms with E-state index in [1.165, 1.54) is 0 Å². The molecule has 2 heteroatoms. The molecule has 0 bridgehead atoms. The van der Waals surface area contributed by atoms with Crippen molar-refractivity contribution in [3.63, 3.8) is 0 Å². The number of aliphatic hydroxyl groups excluding tert-OH is 1. The maximum Gasteiger partial charge on any atom is 0.0497 e. The molecule has 0 fully saturated rings. The Hall–Kier alpha value is -0.0800. The summed E-state index contributed by atoms with van der Waals surface area (Å²) in [5.41, 5.74) is 5.86. The Morgan fingerprint density at radius 3 is 1.64 bits per heavy atom. The molecule has 2 nitrogen and oxygen atoms in total. The van der Waals surface area contributed by atoms with Crippen LogP contribution in [0.5, 0.6) is 0 Å². The van der Waals surface area contributed by atoms with E-state index in [2.05, 4.69) is 20.8 Å². The third-order valence-electron chi connectivity index (χ3n) is 2.18. The van der Waals surface area contributed by atoms with E-state index in [0.717, 1.165) is 0 Å². The van der Waals surface area contributed by atoms with Crippen LogP contribution in [0, 0.1) is 10.8 Å². The van der Waals surface area contributed by atoms with Crippen LogP contribution in [-0.2, 0) is 0 Å². The number of hydrogen-bond donors (Lipinski definition) is 2. The van der Waals surface area contributed by atoms with Gasteiger partial charge in [0, 0.05) is 18.1 Å². The molecule has 0 aromatic heterocycles. The van der Waals surface area contributed by atoms with Gasteiger partial charge in [0.05, 0.1) is 0 Å². The van der Waals surface area contributed by atoms with Crippen LogP contribution in [0.15, 0.2) is 0 Å². The molecule has 0 aliphatic rings. The lowest BCUT2D eigenvalue weighted by Gasteiger charge is -2.38. The fraction of sp³-hybridized carbons (Fsp3) is 1.00. The zero-order valence-corrected chi connectivity index (χ0v) is 8.31. The molecule has 0 aliphatic heterocycles. The molecule has 0 heterocycles. The largest absolute Gasteiger partial charge is 0.396 e. The lowest BCUT2D eigenvalue weighted by molar-refractivity contribution is 0.0818. The van der Waals surface area contributed by atoms with E-state index >= 15 is 0 Å². The van der Waals surface area contributed by atoms with Gasteiger partial charge in [0.2, 0.25) is 0 Å². The predicted molar refractivity (Wildman–Crippen MR) is 48.3 cm³/mol.